The lowest BCUT2D eigenvalue weighted by molar-refractivity contribution is -0.126. The number of likely N-dealkylation sites (tertiary alicyclic amines) is 2. The third-order valence-corrected chi connectivity index (χ3v) is 5.48. The van der Waals surface area contributed by atoms with Crippen LogP contribution in [0, 0.1) is 5.92 Å². The summed E-state index contributed by atoms with van der Waals surface area (Å²) < 4.78 is 0. The Morgan fingerprint density at radius 1 is 1.08 bits per heavy atom. The summed E-state index contributed by atoms with van der Waals surface area (Å²) in [7, 11) is 0. The Bertz CT molecular complexity index is 761. The molecule has 6 heteroatoms. The van der Waals surface area contributed by atoms with Gasteiger partial charge >= 0.3 is 6.03 Å². The highest BCUT2D eigenvalue weighted by Gasteiger charge is 2.31. The first-order valence-electron chi connectivity index (χ1n) is 9.59. The minimum absolute atomic E-state index is 0.0441. The molecule has 2 aromatic rings. The Hall–Kier alpha value is -2.50. The molecule has 1 atom stereocenters. The summed E-state index contributed by atoms with van der Waals surface area (Å²) in [6.07, 6.45) is 3.92. The smallest absolute Gasteiger partial charge is 0.320 e. The van der Waals surface area contributed by atoms with E-state index in [0.717, 1.165) is 61.9 Å². The molecule has 2 aliphatic rings. The van der Waals surface area contributed by atoms with Crippen molar-refractivity contribution >= 4 is 22.8 Å². The number of hydrogen-bond donors (Lipinski definition) is 2. The van der Waals surface area contributed by atoms with E-state index < -0.39 is 0 Å². The third-order valence-electron chi connectivity index (χ3n) is 5.48. The monoisotopic (exact) mass is 354 g/mol. The van der Waals surface area contributed by atoms with Crippen LogP contribution in [0.3, 0.4) is 0 Å². The van der Waals surface area contributed by atoms with Gasteiger partial charge in [0.05, 0.1) is 12.5 Å². The van der Waals surface area contributed by atoms with Crippen molar-refractivity contribution in [2.45, 2.75) is 32.2 Å². The molecule has 0 bridgehead atoms. The van der Waals surface area contributed by atoms with Gasteiger partial charge in [-0.2, -0.15) is 0 Å². The summed E-state index contributed by atoms with van der Waals surface area (Å²) in [6.45, 7) is 3.50. The zero-order valence-corrected chi connectivity index (χ0v) is 15.0. The lowest BCUT2D eigenvalue weighted by Gasteiger charge is -2.34. The van der Waals surface area contributed by atoms with Gasteiger partial charge in [0.25, 0.3) is 0 Å². The quantitative estimate of drug-likeness (QED) is 0.890. The molecule has 2 N–H and O–H groups in total. The minimum atomic E-state index is -0.111. The number of urea groups is 1. The molecule has 2 aliphatic heterocycles. The van der Waals surface area contributed by atoms with Gasteiger partial charge in [0, 0.05) is 37.4 Å². The van der Waals surface area contributed by atoms with Crippen LogP contribution in [0.5, 0.6) is 0 Å². The highest BCUT2D eigenvalue weighted by atomic mass is 16.2. The van der Waals surface area contributed by atoms with E-state index >= 15 is 0 Å². The Balaban J connectivity index is 1.32. The van der Waals surface area contributed by atoms with Gasteiger partial charge in [0.1, 0.15) is 0 Å². The van der Waals surface area contributed by atoms with E-state index in [1.807, 2.05) is 28.0 Å². The van der Waals surface area contributed by atoms with E-state index in [1.54, 1.807) is 0 Å². The molecular formula is C20H26N4O2. The topological polar surface area (TPSA) is 68.4 Å². The second-order valence-electron chi connectivity index (χ2n) is 7.36. The Kier molecular flexibility index (Phi) is 4.82. The molecule has 26 heavy (non-hydrogen) atoms. The maximum atomic E-state index is 12.6. The van der Waals surface area contributed by atoms with Crippen LogP contribution in [0.2, 0.25) is 0 Å². The number of carbonyl (C=O) groups excluding carboxylic acids is 2. The standard InChI is InChI=1S/C20H26N4O2/c25-19(21-13-17-12-15-6-1-2-8-18(15)22-17)16-7-5-11-24(14-16)20(26)23-9-3-4-10-23/h1-2,6,8,12,16,22H,3-5,7,9-11,13-14H2,(H,21,25)/t16-/m1/s1. The second kappa shape index (κ2) is 7.40. The lowest BCUT2D eigenvalue weighted by Crippen LogP contribution is -2.49. The van der Waals surface area contributed by atoms with E-state index in [-0.39, 0.29) is 17.9 Å². The van der Waals surface area contributed by atoms with Gasteiger partial charge in [-0.1, -0.05) is 18.2 Å². The number of nitrogens with one attached hydrogen (secondary N) is 2. The fourth-order valence-corrected chi connectivity index (χ4v) is 4.03. The highest BCUT2D eigenvalue weighted by Crippen LogP contribution is 2.20. The second-order valence-corrected chi connectivity index (χ2v) is 7.36. The van der Waals surface area contributed by atoms with Crippen molar-refractivity contribution < 1.29 is 9.59 Å². The van der Waals surface area contributed by atoms with Gasteiger partial charge in [-0.25, -0.2) is 4.79 Å². The van der Waals surface area contributed by atoms with Crippen molar-refractivity contribution in [1.82, 2.24) is 20.1 Å². The van der Waals surface area contributed by atoms with Crippen LogP contribution in [0.15, 0.2) is 30.3 Å². The van der Waals surface area contributed by atoms with Gasteiger partial charge in [0.15, 0.2) is 0 Å². The number of benzene rings is 1. The number of hydrogen-bond acceptors (Lipinski definition) is 2. The molecule has 0 unspecified atom stereocenters. The molecule has 2 saturated heterocycles. The first kappa shape index (κ1) is 16.9. The Labute approximate surface area is 153 Å². The van der Waals surface area contributed by atoms with Crippen LogP contribution in [-0.4, -0.2) is 52.9 Å². The molecule has 6 nitrogen and oxygen atoms in total. The van der Waals surface area contributed by atoms with Crippen molar-refractivity contribution in [3.05, 3.63) is 36.0 Å². The van der Waals surface area contributed by atoms with Crippen molar-refractivity contribution in [3.63, 3.8) is 0 Å². The summed E-state index contributed by atoms with van der Waals surface area (Å²) in [6, 6.07) is 10.3. The minimum Gasteiger partial charge on any atom is -0.357 e. The van der Waals surface area contributed by atoms with Gasteiger partial charge < -0.3 is 20.1 Å². The van der Waals surface area contributed by atoms with E-state index in [4.69, 9.17) is 0 Å². The van der Waals surface area contributed by atoms with Crippen LogP contribution in [0.25, 0.3) is 10.9 Å². The molecule has 3 amide bonds. The first-order valence-corrected chi connectivity index (χ1v) is 9.59. The number of nitrogens with zero attached hydrogens (tertiary/aromatic N) is 2. The van der Waals surface area contributed by atoms with Crippen molar-refractivity contribution in [3.8, 4) is 0 Å². The molecule has 0 aliphatic carbocycles. The Morgan fingerprint density at radius 3 is 2.65 bits per heavy atom. The number of carbonyl (C=O) groups is 2. The zero-order chi connectivity index (χ0) is 17.9. The van der Waals surface area contributed by atoms with Gasteiger partial charge in [-0.3, -0.25) is 4.79 Å². The number of aromatic nitrogens is 1. The summed E-state index contributed by atoms with van der Waals surface area (Å²) in [5.74, 6) is -0.0674. The number of aromatic amines is 1. The van der Waals surface area contributed by atoms with Crippen molar-refractivity contribution in [2.75, 3.05) is 26.2 Å². The van der Waals surface area contributed by atoms with E-state index in [0.29, 0.717) is 13.1 Å². The molecule has 3 heterocycles. The van der Waals surface area contributed by atoms with Crippen LogP contribution in [-0.2, 0) is 11.3 Å². The maximum absolute atomic E-state index is 12.6. The summed E-state index contributed by atoms with van der Waals surface area (Å²) in [5, 5.41) is 4.19. The average Bonchev–Trinajstić information content (AvgIpc) is 3.35. The van der Waals surface area contributed by atoms with Gasteiger partial charge in [-0.05, 0) is 43.2 Å². The van der Waals surface area contributed by atoms with E-state index in [9.17, 15) is 9.59 Å². The fourth-order valence-electron chi connectivity index (χ4n) is 4.03. The van der Waals surface area contributed by atoms with Gasteiger partial charge in [-0.15, -0.1) is 0 Å². The molecule has 1 aromatic heterocycles. The van der Waals surface area contributed by atoms with Crippen LogP contribution in [0.1, 0.15) is 31.4 Å². The number of rotatable bonds is 3. The SMILES string of the molecule is O=C(NCc1cc2ccccc2[nH]1)[C@@H]1CCCN(C(=O)N2CCCC2)C1. The predicted molar refractivity (Wildman–Crippen MR) is 101 cm³/mol. The summed E-state index contributed by atoms with van der Waals surface area (Å²) in [5.41, 5.74) is 2.08. The molecule has 4 rings (SSSR count). The number of piperidine rings is 1. The van der Waals surface area contributed by atoms with Crippen LogP contribution >= 0.6 is 0 Å². The summed E-state index contributed by atoms with van der Waals surface area (Å²) in [4.78, 5) is 32.3. The van der Waals surface area contributed by atoms with Crippen LogP contribution in [0.4, 0.5) is 4.79 Å². The maximum Gasteiger partial charge on any atom is 0.320 e. The molecule has 2 fully saturated rings. The lowest BCUT2D eigenvalue weighted by atomic mass is 9.97. The predicted octanol–water partition coefficient (Wildman–Crippen LogP) is 2.71. The van der Waals surface area contributed by atoms with Gasteiger partial charge in [0.2, 0.25) is 5.91 Å². The first-order chi connectivity index (χ1) is 12.7. The van der Waals surface area contributed by atoms with E-state index in [1.165, 1.54) is 0 Å². The third kappa shape index (κ3) is 3.54. The normalized spacial score (nSPS) is 20.5. The van der Waals surface area contributed by atoms with Crippen molar-refractivity contribution in [2.24, 2.45) is 5.92 Å². The molecule has 0 spiro atoms. The number of fused-ring (bicyclic) bond motifs is 1. The average molecular weight is 354 g/mol. The van der Waals surface area contributed by atoms with Crippen molar-refractivity contribution in [1.29, 1.82) is 0 Å². The molecule has 1 aromatic carbocycles. The van der Waals surface area contributed by atoms with Crippen LogP contribution < -0.4 is 5.32 Å². The number of H-pyrrole nitrogens is 1. The largest absolute Gasteiger partial charge is 0.357 e. The number of amides is 3. The Morgan fingerprint density at radius 2 is 1.85 bits per heavy atom. The zero-order valence-electron chi connectivity index (χ0n) is 15.0. The summed E-state index contributed by atoms with van der Waals surface area (Å²) >= 11 is 0. The molecule has 138 valence electrons. The fraction of sp³-hybridized carbons (Fsp3) is 0.500. The highest BCUT2D eigenvalue weighted by molar-refractivity contribution is 5.82. The molecule has 0 radical (unpaired) electrons. The number of para-hydroxylation sites is 1. The molecular weight excluding hydrogens is 328 g/mol. The molecule has 0 saturated carbocycles. The van der Waals surface area contributed by atoms with E-state index in [2.05, 4.69) is 22.4 Å².